The minimum Gasteiger partial charge on any atom is -0.325 e. The van der Waals surface area contributed by atoms with E-state index in [0.717, 1.165) is 12.1 Å². The standard InChI is InChI=1S/C12H21N3O/c1-3-9(2)11(14)12(16)15-7-5-4-6-10(15)8-13/h4-6,9,11H,3,7-8,13-14H2,1-2H3/t9-,11-/m0/s1. The third kappa shape index (κ3) is 2.71. The van der Waals surface area contributed by atoms with Crippen LogP contribution in [-0.2, 0) is 4.79 Å². The number of nitrogens with zero attached hydrogens (tertiary/aromatic N) is 1. The first-order valence-corrected chi connectivity index (χ1v) is 5.74. The zero-order valence-electron chi connectivity index (χ0n) is 10.0. The zero-order valence-corrected chi connectivity index (χ0v) is 10.0. The minimum absolute atomic E-state index is 0.0320. The van der Waals surface area contributed by atoms with Gasteiger partial charge in [-0.05, 0) is 12.0 Å². The summed E-state index contributed by atoms with van der Waals surface area (Å²) in [5, 5.41) is 0. The van der Waals surface area contributed by atoms with Gasteiger partial charge in [0.15, 0.2) is 0 Å². The number of nitrogens with two attached hydrogens (primary N) is 2. The number of carbonyl (C=O) groups is 1. The van der Waals surface area contributed by atoms with Crippen molar-refractivity contribution in [3.8, 4) is 0 Å². The number of rotatable bonds is 4. The molecule has 4 nitrogen and oxygen atoms in total. The average molecular weight is 223 g/mol. The minimum atomic E-state index is -0.438. The van der Waals surface area contributed by atoms with Crippen LogP contribution in [0.15, 0.2) is 23.9 Å². The average Bonchev–Trinajstić information content (AvgIpc) is 2.35. The second-order valence-electron chi connectivity index (χ2n) is 4.15. The fraction of sp³-hybridized carbons (Fsp3) is 0.583. The molecule has 16 heavy (non-hydrogen) atoms. The molecule has 4 heteroatoms. The Morgan fingerprint density at radius 1 is 1.62 bits per heavy atom. The molecule has 0 radical (unpaired) electrons. The van der Waals surface area contributed by atoms with E-state index < -0.39 is 6.04 Å². The highest BCUT2D eigenvalue weighted by molar-refractivity contribution is 5.84. The van der Waals surface area contributed by atoms with Crippen molar-refractivity contribution in [3.63, 3.8) is 0 Å². The van der Waals surface area contributed by atoms with E-state index in [0.29, 0.717) is 13.1 Å². The van der Waals surface area contributed by atoms with Crippen molar-refractivity contribution >= 4 is 5.91 Å². The molecular formula is C12H21N3O. The zero-order chi connectivity index (χ0) is 12.1. The maximum Gasteiger partial charge on any atom is 0.244 e. The molecule has 1 rings (SSSR count). The molecule has 2 atom stereocenters. The molecule has 1 amide bonds. The summed E-state index contributed by atoms with van der Waals surface area (Å²) in [4.78, 5) is 13.8. The van der Waals surface area contributed by atoms with E-state index in [2.05, 4.69) is 0 Å². The molecule has 1 aliphatic rings. The van der Waals surface area contributed by atoms with Gasteiger partial charge in [0, 0.05) is 18.8 Å². The molecule has 0 unspecified atom stereocenters. The monoisotopic (exact) mass is 223 g/mol. The van der Waals surface area contributed by atoms with Crippen molar-refractivity contribution in [2.24, 2.45) is 17.4 Å². The van der Waals surface area contributed by atoms with E-state index in [1.807, 2.05) is 32.1 Å². The fourth-order valence-corrected chi connectivity index (χ4v) is 1.64. The van der Waals surface area contributed by atoms with Crippen molar-refractivity contribution in [1.82, 2.24) is 4.90 Å². The molecular weight excluding hydrogens is 202 g/mol. The third-order valence-electron chi connectivity index (χ3n) is 3.08. The molecule has 1 aliphatic heterocycles. The van der Waals surface area contributed by atoms with Crippen molar-refractivity contribution < 1.29 is 4.79 Å². The number of amides is 1. The van der Waals surface area contributed by atoms with E-state index in [4.69, 9.17) is 11.5 Å². The summed E-state index contributed by atoms with van der Waals surface area (Å²) < 4.78 is 0. The Morgan fingerprint density at radius 2 is 2.31 bits per heavy atom. The molecule has 0 saturated carbocycles. The van der Waals surface area contributed by atoms with Gasteiger partial charge < -0.3 is 16.4 Å². The van der Waals surface area contributed by atoms with Gasteiger partial charge in [0.25, 0.3) is 0 Å². The van der Waals surface area contributed by atoms with Crippen molar-refractivity contribution in [1.29, 1.82) is 0 Å². The molecule has 4 N–H and O–H groups in total. The Bertz CT molecular complexity index is 309. The lowest BCUT2D eigenvalue weighted by Crippen LogP contribution is -2.48. The van der Waals surface area contributed by atoms with Crippen LogP contribution in [0.4, 0.5) is 0 Å². The lowest BCUT2D eigenvalue weighted by atomic mass is 9.98. The highest BCUT2D eigenvalue weighted by atomic mass is 16.2. The van der Waals surface area contributed by atoms with E-state index in [1.54, 1.807) is 4.90 Å². The van der Waals surface area contributed by atoms with Gasteiger partial charge in [-0.1, -0.05) is 32.4 Å². The smallest absolute Gasteiger partial charge is 0.244 e. The van der Waals surface area contributed by atoms with Crippen LogP contribution in [0, 0.1) is 5.92 Å². The molecule has 0 fully saturated rings. The van der Waals surface area contributed by atoms with E-state index in [1.165, 1.54) is 0 Å². The Morgan fingerprint density at radius 3 is 2.88 bits per heavy atom. The van der Waals surface area contributed by atoms with Gasteiger partial charge in [-0.25, -0.2) is 0 Å². The number of allylic oxidation sites excluding steroid dienone is 2. The number of carbonyl (C=O) groups excluding carboxylic acids is 1. The van der Waals surface area contributed by atoms with Crippen LogP contribution in [0.2, 0.25) is 0 Å². The van der Waals surface area contributed by atoms with E-state index in [9.17, 15) is 4.79 Å². The maximum atomic E-state index is 12.1. The first-order chi connectivity index (χ1) is 7.61. The predicted molar refractivity (Wildman–Crippen MR) is 65.4 cm³/mol. The molecule has 0 bridgehead atoms. The van der Waals surface area contributed by atoms with Gasteiger partial charge in [-0.15, -0.1) is 0 Å². The van der Waals surface area contributed by atoms with Gasteiger partial charge in [0.05, 0.1) is 6.04 Å². The highest BCUT2D eigenvalue weighted by Crippen LogP contribution is 2.14. The Hall–Kier alpha value is -1.13. The molecule has 0 aliphatic carbocycles. The summed E-state index contributed by atoms with van der Waals surface area (Å²) in [5.74, 6) is 0.160. The summed E-state index contributed by atoms with van der Waals surface area (Å²) in [7, 11) is 0. The molecule has 0 saturated heterocycles. The predicted octanol–water partition coefficient (Wildman–Crippen LogP) is 0.601. The molecule has 0 aromatic carbocycles. The Balaban J connectivity index is 2.74. The molecule has 0 spiro atoms. The maximum absolute atomic E-state index is 12.1. The second kappa shape index (κ2) is 5.82. The van der Waals surface area contributed by atoms with Crippen LogP contribution in [0.25, 0.3) is 0 Å². The normalized spacial score (nSPS) is 19.2. The highest BCUT2D eigenvalue weighted by Gasteiger charge is 2.26. The summed E-state index contributed by atoms with van der Waals surface area (Å²) in [6.45, 7) is 4.97. The van der Waals surface area contributed by atoms with Gasteiger partial charge in [0.2, 0.25) is 5.91 Å². The summed E-state index contributed by atoms with van der Waals surface area (Å²) in [6.07, 6.45) is 6.62. The molecule has 0 aromatic heterocycles. The Kier molecular flexibility index (Phi) is 4.71. The van der Waals surface area contributed by atoms with Crippen LogP contribution in [0.3, 0.4) is 0 Å². The summed E-state index contributed by atoms with van der Waals surface area (Å²) in [6, 6.07) is -0.438. The second-order valence-corrected chi connectivity index (χ2v) is 4.15. The largest absolute Gasteiger partial charge is 0.325 e. The van der Waals surface area contributed by atoms with Crippen molar-refractivity contribution in [2.45, 2.75) is 26.3 Å². The topological polar surface area (TPSA) is 72.4 Å². The van der Waals surface area contributed by atoms with Crippen LogP contribution >= 0.6 is 0 Å². The quantitative estimate of drug-likeness (QED) is 0.733. The van der Waals surface area contributed by atoms with E-state index in [-0.39, 0.29) is 11.8 Å². The van der Waals surface area contributed by atoms with Crippen LogP contribution < -0.4 is 11.5 Å². The number of hydrogen-bond donors (Lipinski definition) is 2. The fourth-order valence-electron chi connectivity index (χ4n) is 1.64. The van der Waals surface area contributed by atoms with Crippen LogP contribution in [0.1, 0.15) is 20.3 Å². The molecule has 0 aromatic rings. The van der Waals surface area contributed by atoms with Gasteiger partial charge >= 0.3 is 0 Å². The van der Waals surface area contributed by atoms with Crippen molar-refractivity contribution in [2.75, 3.05) is 13.1 Å². The Labute approximate surface area is 97.0 Å². The first-order valence-electron chi connectivity index (χ1n) is 5.74. The lowest BCUT2D eigenvalue weighted by molar-refractivity contribution is -0.131. The SMILES string of the molecule is CC[C@H](C)[C@H](N)C(=O)N1CC=CC=C1CN. The lowest BCUT2D eigenvalue weighted by Gasteiger charge is -2.30. The van der Waals surface area contributed by atoms with E-state index >= 15 is 0 Å². The molecule has 90 valence electrons. The third-order valence-corrected chi connectivity index (χ3v) is 3.08. The summed E-state index contributed by atoms with van der Waals surface area (Å²) >= 11 is 0. The van der Waals surface area contributed by atoms with Gasteiger partial charge in [0.1, 0.15) is 0 Å². The van der Waals surface area contributed by atoms with Gasteiger partial charge in [-0.3, -0.25) is 4.79 Å². The van der Waals surface area contributed by atoms with Crippen LogP contribution in [-0.4, -0.2) is 29.9 Å². The molecule has 1 heterocycles. The number of hydrogen-bond acceptors (Lipinski definition) is 3. The van der Waals surface area contributed by atoms with Crippen molar-refractivity contribution in [3.05, 3.63) is 23.9 Å². The van der Waals surface area contributed by atoms with Crippen LogP contribution in [0.5, 0.6) is 0 Å². The summed E-state index contributed by atoms with van der Waals surface area (Å²) in [5.41, 5.74) is 12.4. The first kappa shape index (κ1) is 12.9. The van der Waals surface area contributed by atoms with Gasteiger partial charge in [-0.2, -0.15) is 0 Å².